The fourth-order valence-electron chi connectivity index (χ4n) is 3.46. The van der Waals surface area contributed by atoms with Crippen LogP contribution in [0.25, 0.3) is 10.2 Å². The van der Waals surface area contributed by atoms with E-state index in [1.807, 2.05) is 36.4 Å². The highest BCUT2D eigenvalue weighted by Crippen LogP contribution is 2.40. The van der Waals surface area contributed by atoms with Gasteiger partial charge in [-0.1, -0.05) is 23.5 Å². The molecule has 8 nitrogen and oxygen atoms in total. The number of methoxy groups -OCH3 is 2. The summed E-state index contributed by atoms with van der Waals surface area (Å²) in [4.78, 5) is 19.0. The summed E-state index contributed by atoms with van der Waals surface area (Å²) < 4.78 is 22.5. The largest absolute Gasteiger partial charge is 0.497 e. The maximum Gasteiger partial charge on any atom is 0.414 e. The summed E-state index contributed by atoms with van der Waals surface area (Å²) in [7, 11) is 3.24. The number of nitrogens with one attached hydrogen (secondary N) is 1. The number of thiazole rings is 1. The number of benzene rings is 2. The second kappa shape index (κ2) is 9.84. The van der Waals surface area contributed by atoms with E-state index in [0.29, 0.717) is 37.4 Å². The van der Waals surface area contributed by atoms with E-state index < -0.39 is 6.09 Å². The zero-order valence-electron chi connectivity index (χ0n) is 17.6. The normalized spacial score (nSPS) is 13.8. The van der Waals surface area contributed by atoms with Crippen molar-refractivity contribution in [1.29, 1.82) is 0 Å². The lowest BCUT2D eigenvalue weighted by Gasteiger charge is -2.29. The van der Waals surface area contributed by atoms with E-state index in [-0.39, 0.29) is 5.19 Å². The van der Waals surface area contributed by atoms with Gasteiger partial charge in [-0.05, 0) is 36.2 Å². The molecule has 0 saturated carbocycles. The van der Waals surface area contributed by atoms with E-state index in [1.165, 1.54) is 11.3 Å². The van der Waals surface area contributed by atoms with Crippen LogP contribution in [0, 0.1) is 0 Å². The molecule has 164 valence electrons. The molecule has 1 aliphatic rings. The Morgan fingerprint density at radius 1 is 1.19 bits per heavy atom. The molecule has 0 radical (unpaired) electrons. The third-order valence-corrected chi connectivity index (χ3v) is 5.99. The second-order valence-electron chi connectivity index (χ2n) is 6.96. The number of carbonyl (C=O) groups is 1. The second-order valence-corrected chi connectivity index (χ2v) is 7.92. The van der Waals surface area contributed by atoms with Crippen molar-refractivity contribution in [1.82, 2.24) is 10.3 Å². The minimum Gasteiger partial charge on any atom is -0.497 e. The minimum absolute atomic E-state index is 0.285. The Morgan fingerprint density at radius 2 is 2.03 bits per heavy atom. The Bertz CT molecular complexity index is 1050. The van der Waals surface area contributed by atoms with Crippen LogP contribution in [0.1, 0.15) is 5.56 Å². The average Bonchev–Trinajstić information content (AvgIpc) is 3.22. The van der Waals surface area contributed by atoms with Gasteiger partial charge in [-0.2, -0.15) is 4.98 Å². The summed E-state index contributed by atoms with van der Waals surface area (Å²) in [5.74, 6) is 1.44. The molecule has 1 saturated heterocycles. The van der Waals surface area contributed by atoms with E-state index in [0.717, 1.165) is 34.8 Å². The number of morpholine rings is 1. The molecular formula is C22H25N3O5S. The first-order valence-electron chi connectivity index (χ1n) is 10.1. The monoisotopic (exact) mass is 443 g/mol. The van der Waals surface area contributed by atoms with E-state index in [9.17, 15) is 4.79 Å². The molecule has 31 heavy (non-hydrogen) atoms. The number of hydrogen-bond acceptors (Lipinski definition) is 8. The molecule has 0 aliphatic carbocycles. The maximum atomic E-state index is 12.3. The molecule has 2 heterocycles. The summed E-state index contributed by atoms with van der Waals surface area (Å²) in [5.41, 5.74) is 2.81. The molecule has 1 fully saturated rings. The number of amides is 1. The van der Waals surface area contributed by atoms with Crippen LogP contribution in [-0.4, -0.2) is 58.1 Å². The molecule has 0 bridgehead atoms. The maximum absolute atomic E-state index is 12.3. The molecule has 1 aliphatic heterocycles. The van der Waals surface area contributed by atoms with Gasteiger partial charge in [0, 0.05) is 19.6 Å². The van der Waals surface area contributed by atoms with Gasteiger partial charge in [-0.15, -0.1) is 0 Å². The van der Waals surface area contributed by atoms with Crippen LogP contribution in [0.5, 0.6) is 16.7 Å². The minimum atomic E-state index is -0.533. The zero-order valence-corrected chi connectivity index (χ0v) is 18.4. The Labute approximate surface area is 184 Å². The molecule has 1 N–H and O–H groups in total. The van der Waals surface area contributed by atoms with Crippen LogP contribution in [0.2, 0.25) is 0 Å². The Hall–Kier alpha value is -3.04. The predicted octanol–water partition coefficient (Wildman–Crippen LogP) is 3.48. The standard InChI is InChI=1S/C22H25N3O5S/c1-27-16-5-3-4-15(14-16)8-9-23-21(26)30-22-24-19-18(28-2)7-6-17(20(19)31-22)25-10-12-29-13-11-25/h3-7,14H,8-13H2,1-2H3,(H,23,26). The Morgan fingerprint density at radius 3 is 2.81 bits per heavy atom. The van der Waals surface area contributed by atoms with Crippen LogP contribution in [-0.2, 0) is 11.2 Å². The van der Waals surface area contributed by atoms with Gasteiger partial charge >= 0.3 is 6.09 Å². The van der Waals surface area contributed by atoms with Crippen molar-refractivity contribution in [3.8, 4) is 16.7 Å². The number of ether oxygens (including phenoxy) is 4. The molecule has 9 heteroatoms. The number of fused-ring (bicyclic) bond motifs is 1. The lowest BCUT2D eigenvalue weighted by atomic mass is 10.1. The molecule has 0 unspecified atom stereocenters. The lowest BCUT2D eigenvalue weighted by Crippen LogP contribution is -2.36. The van der Waals surface area contributed by atoms with Gasteiger partial charge < -0.3 is 29.2 Å². The van der Waals surface area contributed by atoms with Crippen molar-refractivity contribution in [2.75, 3.05) is 52.0 Å². The topological polar surface area (TPSA) is 82.2 Å². The van der Waals surface area contributed by atoms with E-state index in [1.54, 1.807) is 14.2 Å². The highest BCUT2D eigenvalue weighted by molar-refractivity contribution is 7.21. The van der Waals surface area contributed by atoms with Crippen LogP contribution in [0.4, 0.5) is 10.5 Å². The SMILES string of the molecule is COc1cccc(CCNC(=O)Oc2nc3c(OC)ccc(N4CCOCC4)c3s2)c1. The first-order chi connectivity index (χ1) is 15.2. The van der Waals surface area contributed by atoms with Gasteiger partial charge in [0.25, 0.3) is 5.19 Å². The van der Waals surface area contributed by atoms with Gasteiger partial charge in [-0.3, -0.25) is 0 Å². The van der Waals surface area contributed by atoms with E-state index in [4.69, 9.17) is 18.9 Å². The van der Waals surface area contributed by atoms with Crippen molar-refractivity contribution in [2.45, 2.75) is 6.42 Å². The smallest absolute Gasteiger partial charge is 0.414 e. The van der Waals surface area contributed by atoms with Gasteiger partial charge in [0.1, 0.15) is 17.0 Å². The molecule has 2 aromatic carbocycles. The number of anilines is 1. The van der Waals surface area contributed by atoms with Gasteiger partial charge in [0.15, 0.2) is 0 Å². The zero-order chi connectivity index (χ0) is 21.6. The fourth-order valence-corrected chi connectivity index (χ4v) is 4.44. The summed E-state index contributed by atoms with van der Waals surface area (Å²) in [6.07, 6.45) is 0.134. The quantitative estimate of drug-likeness (QED) is 0.599. The van der Waals surface area contributed by atoms with Crippen LogP contribution in [0.15, 0.2) is 36.4 Å². The highest BCUT2D eigenvalue weighted by Gasteiger charge is 2.20. The molecule has 3 aromatic rings. The van der Waals surface area contributed by atoms with Crippen LogP contribution in [0.3, 0.4) is 0 Å². The van der Waals surface area contributed by atoms with Crippen molar-refractivity contribution >= 4 is 33.3 Å². The summed E-state index contributed by atoms with van der Waals surface area (Å²) >= 11 is 1.34. The number of carbonyl (C=O) groups excluding carboxylic acids is 1. The van der Waals surface area contributed by atoms with Crippen molar-refractivity contribution in [3.63, 3.8) is 0 Å². The van der Waals surface area contributed by atoms with Crippen molar-refractivity contribution < 1.29 is 23.7 Å². The predicted molar refractivity (Wildman–Crippen MR) is 120 cm³/mol. The van der Waals surface area contributed by atoms with Crippen LogP contribution >= 0.6 is 11.3 Å². The number of nitrogens with zero attached hydrogens (tertiary/aromatic N) is 2. The molecule has 0 atom stereocenters. The third-order valence-electron chi connectivity index (χ3n) is 5.04. The van der Waals surface area contributed by atoms with Gasteiger partial charge in [0.05, 0.1) is 37.8 Å². The van der Waals surface area contributed by atoms with E-state index >= 15 is 0 Å². The molecule has 4 rings (SSSR count). The number of hydrogen-bond donors (Lipinski definition) is 1. The average molecular weight is 444 g/mol. The first-order valence-corrected chi connectivity index (χ1v) is 10.9. The summed E-state index contributed by atoms with van der Waals surface area (Å²) in [6.45, 7) is 3.43. The Balaban J connectivity index is 1.43. The van der Waals surface area contributed by atoms with Crippen molar-refractivity contribution in [2.24, 2.45) is 0 Å². The number of rotatable bonds is 7. The summed E-state index contributed by atoms with van der Waals surface area (Å²) in [5, 5.41) is 3.06. The van der Waals surface area contributed by atoms with E-state index in [2.05, 4.69) is 15.2 Å². The fraction of sp³-hybridized carbons (Fsp3) is 0.364. The van der Waals surface area contributed by atoms with Crippen molar-refractivity contribution in [3.05, 3.63) is 42.0 Å². The van der Waals surface area contributed by atoms with Crippen LogP contribution < -0.4 is 24.4 Å². The third kappa shape index (κ3) is 5.00. The highest BCUT2D eigenvalue weighted by atomic mass is 32.1. The summed E-state index contributed by atoms with van der Waals surface area (Å²) in [6, 6.07) is 11.7. The molecule has 1 aromatic heterocycles. The van der Waals surface area contributed by atoms with Gasteiger partial charge in [0.2, 0.25) is 0 Å². The lowest BCUT2D eigenvalue weighted by molar-refractivity contribution is 0.123. The Kier molecular flexibility index (Phi) is 6.73. The number of aromatic nitrogens is 1. The van der Waals surface area contributed by atoms with Gasteiger partial charge in [-0.25, -0.2) is 4.79 Å². The molecular weight excluding hydrogens is 418 g/mol. The molecule has 1 amide bonds. The first kappa shape index (κ1) is 21.2. The molecule has 0 spiro atoms.